The SMILES string of the molecule is CC(=O)N[C@H]1[C@@H](OC[C@H](NC(=O)[C@@H](CSC(c2ccccc2)(c2ccccc2)c2ccccc2)NC(=O)[C@H](Cc2ccccc2)NC(=O)CNC(=O)[C@@H](CSC(c2ccccc2)(c2ccccc2)c2ccccc2)NC(=O)[C@@H](N)Cc2ccc(O)cc2)C(=O)NCC(N)=O)O[C@H](CO)[C@H](O)[C@@H]1O. The molecule has 8 aromatic rings. The summed E-state index contributed by atoms with van der Waals surface area (Å²) in [6.07, 6.45) is -6.67. The number of aliphatic hydroxyl groups excluding tert-OH is 3. The Morgan fingerprint density at radius 1 is 0.480 bits per heavy atom. The van der Waals surface area contributed by atoms with Crippen molar-refractivity contribution in [2.24, 2.45) is 11.5 Å². The number of benzene rings is 8. The van der Waals surface area contributed by atoms with Crippen LogP contribution in [-0.2, 0) is 70.2 Å². The Balaban J connectivity index is 1.04. The number of hydrogen-bond acceptors (Lipinski definition) is 17. The minimum absolute atomic E-state index is 0.0207. The van der Waals surface area contributed by atoms with Crippen molar-refractivity contribution in [3.8, 4) is 5.75 Å². The largest absolute Gasteiger partial charge is 0.508 e. The number of aromatic hydroxyl groups is 1. The standard InChI is InChI=1S/C77H83N9O14S2/c1-49(88)82-67-69(93)68(92)64(45-87)100-75(67)99-46-61(71(95)80-43-65(79)90)84-74(98)63(48-102-77(55-31-17-6-18-32-55,56-33-19-7-20-34-56)57-35-21-8-22-36-57)86-73(97)60(42-50-23-9-2-10-24-50)83-66(91)44-81-72(96)62(85-70(94)59(78)41-51-37-39-58(89)40-38-51)47-101-76(52-25-11-3-12-26-52,53-27-13-4-14-28-53)54-29-15-5-16-30-54/h2-40,59-64,67-69,75,87,89,92-93H,41-48,78H2,1H3,(H2,79,90)(H,80,95)(H,81,96)(H,82,88)(H,83,91)(H,84,98)(H,85,94)(H,86,97)/t59-,60-,61-,62+,63+,64+,67+,68-,69+,75-/m0/s1. The molecule has 102 heavy (non-hydrogen) atoms. The minimum atomic E-state index is -1.77. The third-order valence-electron chi connectivity index (χ3n) is 17.1. The van der Waals surface area contributed by atoms with Crippen molar-refractivity contribution in [2.45, 2.75) is 90.1 Å². The fourth-order valence-corrected chi connectivity index (χ4v) is 15.1. The summed E-state index contributed by atoms with van der Waals surface area (Å²) in [7, 11) is 0. The number of nitrogens with two attached hydrogens (primary N) is 2. The van der Waals surface area contributed by atoms with Crippen LogP contribution in [0.1, 0.15) is 51.4 Å². The van der Waals surface area contributed by atoms with Gasteiger partial charge in [-0.3, -0.25) is 38.4 Å². The topological polar surface area (TPSA) is 372 Å². The summed E-state index contributed by atoms with van der Waals surface area (Å²) in [5.41, 5.74) is 18.2. The normalized spacial score (nSPS) is 17.4. The molecular weight excluding hydrogens is 1340 g/mol. The van der Waals surface area contributed by atoms with Crippen LogP contribution in [0.15, 0.2) is 237 Å². The lowest BCUT2D eigenvalue weighted by atomic mass is 9.84. The first-order valence-corrected chi connectivity index (χ1v) is 35.0. The molecule has 1 fully saturated rings. The van der Waals surface area contributed by atoms with E-state index in [4.69, 9.17) is 20.9 Å². The lowest BCUT2D eigenvalue weighted by molar-refractivity contribution is -0.271. The van der Waals surface area contributed by atoms with Crippen LogP contribution in [0, 0.1) is 0 Å². The number of primary amides is 1. The monoisotopic (exact) mass is 1420 g/mol. The van der Waals surface area contributed by atoms with Gasteiger partial charge < -0.3 is 78.6 Å². The van der Waals surface area contributed by atoms with Gasteiger partial charge in [0.2, 0.25) is 47.3 Å². The van der Waals surface area contributed by atoms with Crippen molar-refractivity contribution >= 4 is 70.8 Å². The first-order chi connectivity index (χ1) is 49.3. The molecule has 25 heteroatoms. The molecule has 15 N–H and O–H groups in total. The van der Waals surface area contributed by atoms with Crippen LogP contribution in [0.2, 0.25) is 0 Å². The van der Waals surface area contributed by atoms with Gasteiger partial charge in [0, 0.05) is 24.9 Å². The van der Waals surface area contributed by atoms with Gasteiger partial charge in [0.1, 0.15) is 54.3 Å². The molecule has 0 spiro atoms. The maximum Gasteiger partial charge on any atom is 0.245 e. The average molecular weight is 1420 g/mol. The van der Waals surface area contributed by atoms with E-state index in [0.29, 0.717) is 11.1 Å². The van der Waals surface area contributed by atoms with Crippen molar-refractivity contribution in [3.63, 3.8) is 0 Å². The third-order valence-corrected chi connectivity index (χ3v) is 20.4. The molecule has 0 aromatic heterocycles. The van der Waals surface area contributed by atoms with Crippen LogP contribution >= 0.6 is 23.5 Å². The number of hydrogen-bond donors (Lipinski definition) is 13. The highest BCUT2D eigenvalue weighted by Crippen LogP contribution is 2.50. The second-order valence-electron chi connectivity index (χ2n) is 24.3. The number of carbonyl (C=O) groups excluding carboxylic acids is 8. The molecule has 1 aliphatic heterocycles. The zero-order chi connectivity index (χ0) is 72.6. The van der Waals surface area contributed by atoms with Gasteiger partial charge in [-0.1, -0.05) is 224 Å². The number of thioether (sulfide) groups is 2. The summed E-state index contributed by atoms with van der Waals surface area (Å²) in [5, 5.41) is 60.6. The van der Waals surface area contributed by atoms with Gasteiger partial charge >= 0.3 is 0 Å². The Bertz CT molecular complexity index is 3860. The summed E-state index contributed by atoms with van der Waals surface area (Å²) in [6, 6.07) is 63.4. The number of ether oxygens (including phenoxy) is 2. The summed E-state index contributed by atoms with van der Waals surface area (Å²) in [4.78, 5) is 114. The van der Waals surface area contributed by atoms with E-state index in [1.807, 2.05) is 182 Å². The van der Waals surface area contributed by atoms with Crippen molar-refractivity contribution in [1.82, 2.24) is 37.2 Å². The lowest BCUT2D eigenvalue weighted by Gasteiger charge is -2.42. The zero-order valence-electron chi connectivity index (χ0n) is 55.8. The van der Waals surface area contributed by atoms with E-state index in [-0.39, 0.29) is 30.1 Å². The van der Waals surface area contributed by atoms with Crippen LogP contribution in [0.5, 0.6) is 5.75 Å². The number of carbonyl (C=O) groups is 8. The fourth-order valence-electron chi connectivity index (χ4n) is 12.0. The summed E-state index contributed by atoms with van der Waals surface area (Å²) < 4.78 is 9.70. The molecule has 0 bridgehead atoms. The van der Waals surface area contributed by atoms with Crippen LogP contribution in [0.4, 0.5) is 0 Å². The molecule has 1 aliphatic rings. The molecule has 0 saturated carbocycles. The van der Waals surface area contributed by atoms with Crippen molar-refractivity contribution < 1.29 is 68.3 Å². The van der Waals surface area contributed by atoms with Crippen LogP contribution < -0.4 is 48.7 Å². The van der Waals surface area contributed by atoms with E-state index in [1.165, 1.54) is 35.7 Å². The molecule has 10 atom stereocenters. The lowest BCUT2D eigenvalue weighted by Crippen LogP contribution is -2.65. The van der Waals surface area contributed by atoms with Crippen molar-refractivity contribution in [2.75, 3.05) is 37.8 Å². The van der Waals surface area contributed by atoms with Gasteiger partial charge in [-0.15, -0.1) is 23.5 Å². The highest BCUT2D eigenvalue weighted by molar-refractivity contribution is 8.01. The van der Waals surface area contributed by atoms with E-state index in [9.17, 15) is 49.2 Å². The predicted octanol–water partition coefficient (Wildman–Crippen LogP) is 3.57. The smallest absolute Gasteiger partial charge is 0.245 e. The zero-order valence-corrected chi connectivity index (χ0v) is 57.4. The van der Waals surface area contributed by atoms with Gasteiger partial charge in [0.25, 0.3) is 0 Å². The van der Waals surface area contributed by atoms with E-state index in [2.05, 4.69) is 37.2 Å². The Morgan fingerprint density at radius 2 is 0.863 bits per heavy atom. The second kappa shape index (κ2) is 36.9. The van der Waals surface area contributed by atoms with Crippen molar-refractivity contribution in [3.05, 3.63) is 281 Å². The van der Waals surface area contributed by atoms with Gasteiger partial charge in [0.05, 0.1) is 41.8 Å². The van der Waals surface area contributed by atoms with E-state index in [1.54, 1.807) is 42.5 Å². The Hall–Kier alpha value is -10.2. The number of phenols is 1. The van der Waals surface area contributed by atoms with Crippen LogP contribution in [0.3, 0.4) is 0 Å². The molecule has 0 unspecified atom stereocenters. The quantitative estimate of drug-likeness (QED) is 0.0256. The molecule has 0 aliphatic carbocycles. The first kappa shape index (κ1) is 76.0. The van der Waals surface area contributed by atoms with Gasteiger partial charge in [-0.2, -0.15) is 0 Å². The van der Waals surface area contributed by atoms with E-state index < -0.39 is 144 Å². The van der Waals surface area contributed by atoms with Gasteiger partial charge in [-0.05, 0) is 63.1 Å². The van der Waals surface area contributed by atoms with E-state index >= 15 is 9.59 Å². The van der Waals surface area contributed by atoms with Gasteiger partial charge in [-0.25, -0.2) is 0 Å². The molecule has 0 radical (unpaired) electrons. The average Bonchev–Trinajstić information content (AvgIpc) is 0.762. The number of rotatable bonds is 34. The number of phenolic OH excluding ortho intramolecular Hbond substituents is 1. The number of nitrogens with one attached hydrogen (secondary N) is 7. The summed E-state index contributed by atoms with van der Waals surface area (Å²) in [6.45, 7) is -1.92. The molecule has 8 aromatic carbocycles. The van der Waals surface area contributed by atoms with Crippen molar-refractivity contribution in [1.29, 1.82) is 0 Å². The molecule has 8 amide bonds. The Labute approximate surface area is 599 Å². The molecule has 532 valence electrons. The number of amides is 8. The highest BCUT2D eigenvalue weighted by Gasteiger charge is 2.47. The van der Waals surface area contributed by atoms with Crippen LogP contribution in [0.25, 0.3) is 0 Å². The minimum Gasteiger partial charge on any atom is -0.508 e. The first-order valence-electron chi connectivity index (χ1n) is 33.0. The van der Waals surface area contributed by atoms with Gasteiger partial charge in [0.15, 0.2) is 6.29 Å². The molecule has 1 heterocycles. The molecule has 1 saturated heterocycles. The highest BCUT2D eigenvalue weighted by atomic mass is 32.2. The molecule has 23 nitrogen and oxygen atoms in total. The fraction of sp³-hybridized carbons (Fsp3) is 0.273. The molecule has 9 rings (SSSR count). The Morgan fingerprint density at radius 3 is 1.29 bits per heavy atom. The third kappa shape index (κ3) is 19.9. The Kier molecular flexibility index (Phi) is 27.5. The van der Waals surface area contributed by atoms with E-state index in [0.717, 1.165) is 40.3 Å². The van der Waals surface area contributed by atoms with Crippen LogP contribution in [-0.4, -0.2) is 166 Å². The second-order valence-corrected chi connectivity index (χ2v) is 26.8. The number of aliphatic hydroxyl groups is 3. The maximum absolute atomic E-state index is 15.5. The predicted molar refractivity (Wildman–Crippen MR) is 388 cm³/mol. The maximum atomic E-state index is 15.5. The summed E-state index contributed by atoms with van der Waals surface area (Å²) in [5.74, 6) is -7.16. The molecular formula is C77H83N9O14S2. The summed E-state index contributed by atoms with van der Waals surface area (Å²) >= 11 is 2.64.